The molecular weight excluding hydrogens is 420 g/mol. The molecule has 1 unspecified atom stereocenters. The lowest BCUT2D eigenvalue weighted by Crippen LogP contribution is -2.58. The van der Waals surface area contributed by atoms with E-state index in [1.54, 1.807) is 17.2 Å². The standard InChI is InChI=1S/C25H22N4O4/c30-24-21-14-28(13-16-2-1-7-26-12-16)8-9-29(21)25(31)19-10-17(3-5-20(19)27-24)18-4-6-22-23(11-18)33-15-32-22/h1-7,10-12,21H,8-9,13-15H2,(H,27,30). The van der Waals surface area contributed by atoms with Crippen LogP contribution in [0.1, 0.15) is 15.9 Å². The Bertz CT molecular complexity index is 1250. The van der Waals surface area contributed by atoms with E-state index in [4.69, 9.17) is 9.47 Å². The largest absolute Gasteiger partial charge is 0.454 e. The molecule has 1 atom stereocenters. The lowest BCUT2D eigenvalue weighted by molar-refractivity contribution is -0.122. The van der Waals surface area contributed by atoms with E-state index in [0.717, 1.165) is 16.7 Å². The monoisotopic (exact) mass is 442 g/mol. The number of rotatable bonds is 3. The fraction of sp³-hybridized carbons (Fsp3) is 0.240. The van der Waals surface area contributed by atoms with Gasteiger partial charge in [-0.25, -0.2) is 0 Å². The lowest BCUT2D eigenvalue weighted by atomic mass is 10.0. The average molecular weight is 442 g/mol. The first-order valence-electron chi connectivity index (χ1n) is 10.9. The molecule has 0 radical (unpaired) electrons. The van der Waals surface area contributed by atoms with Gasteiger partial charge in [-0.2, -0.15) is 0 Å². The maximum atomic E-state index is 13.5. The first-order valence-corrected chi connectivity index (χ1v) is 10.9. The van der Waals surface area contributed by atoms with Crippen molar-refractivity contribution in [3.05, 3.63) is 72.1 Å². The van der Waals surface area contributed by atoms with Gasteiger partial charge in [0.1, 0.15) is 6.04 Å². The van der Waals surface area contributed by atoms with Gasteiger partial charge in [-0.15, -0.1) is 0 Å². The van der Waals surface area contributed by atoms with Gasteiger partial charge in [-0.05, 0) is 47.0 Å². The Morgan fingerprint density at radius 1 is 1.00 bits per heavy atom. The van der Waals surface area contributed by atoms with Crippen LogP contribution in [0.3, 0.4) is 0 Å². The molecule has 0 aliphatic carbocycles. The number of nitrogens with one attached hydrogen (secondary N) is 1. The van der Waals surface area contributed by atoms with Crippen LogP contribution in [0.5, 0.6) is 11.5 Å². The molecule has 2 aromatic carbocycles. The van der Waals surface area contributed by atoms with E-state index in [-0.39, 0.29) is 18.6 Å². The van der Waals surface area contributed by atoms with Crippen LogP contribution in [-0.4, -0.2) is 59.1 Å². The van der Waals surface area contributed by atoms with E-state index in [1.165, 1.54) is 0 Å². The molecule has 3 aliphatic heterocycles. The van der Waals surface area contributed by atoms with Crippen LogP contribution in [0.25, 0.3) is 11.1 Å². The van der Waals surface area contributed by atoms with Gasteiger partial charge in [-0.1, -0.05) is 18.2 Å². The Morgan fingerprint density at radius 3 is 2.73 bits per heavy atom. The summed E-state index contributed by atoms with van der Waals surface area (Å²) in [5.74, 6) is 1.11. The second-order valence-electron chi connectivity index (χ2n) is 8.43. The highest BCUT2D eigenvalue weighted by atomic mass is 16.7. The van der Waals surface area contributed by atoms with Crippen molar-refractivity contribution < 1.29 is 19.1 Å². The molecule has 33 heavy (non-hydrogen) atoms. The van der Waals surface area contributed by atoms with Crippen molar-refractivity contribution in [1.29, 1.82) is 0 Å². The first-order chi connectivity index (χ1) is 16.2. The third-order valence-corrected chi connectivity index (χ3v) is 6.37. The van der Waals surface area contributed by atoms with Gasteiger partial charge >= 0.3 is 0 Å². The van der Waals surface area contributed by atoms with Crippen LogP contribution in [0.15, 0.2) is 60.9 Å². The van der Waals surface area contributed by atoms with Gasteiger partial charge in [0.15, 0.2) is 11.5 Å². The zero-order valence-electron chi connectivity index (χ0n) is 17.9. The molecular formula is C25H22N4O4. The van der Waals surface area contributed by atoms with Crippen LogP contribution in [0.2, 0.25) is 0 Å². The summed E-state index contributed by atoms with van der Waals surface area (Å²) in [6.07, 6.45) is 3.58. The summed E-state index contributed by atoms with van der Waals surface area (Å²) in [6.45, 7) is 2.57. The number of nitrogens with zero attached hydrogens (tertiary/aromatic N) is 3. The molecule has 1 saturated heterocycles. The predicted octanol–water partition coefficient (Wildman–Crippen LogP) is 2.76. The maximum absolute atomic E-state index is 13.5. The van der Waals surface area contributed by atoms with Gasteiger partial charge in [0.25, 0.3) is 5.91 Å². The molecule has 0 spiro atoms. The minimum absolute atomic E-state index is 0.128. The Kier molecular flexibility index (Phi) is 4.73. The minimum atomic E-state index is -0.538. The lowest BCUT2D eigenvalue weighted by Gasteiger charge is -2.39. The summed E-state index contributed by atoms with van der Waals surface area (Å²) in [5, 5.41) is 2.97. The fourth-order valence-electron chi connectivity index (χ4n) is 4.66. The number of hydrogen-bond acceptors (Lipinski definition) is 6. The number of piperazine rings is 1. The quantitative estimate of drug-likeness (QED) is 0.672. The molecule has 3 aliphatic rings. The summed E-state index contributed by atoms with van der Waals surface area (Å²) < 4.78 is 10.9. The molecule has 0 bridgehead atoms. The van der Waals surface area contributed by atoms with Gasteiger partial charge in [0.2, 0.25) is 12.7 Å². The fourth-order valence-corrected chi connectivity index (χ4v) is 4.66. The van der Waals surface area contributed by atoms with Crippen molar-refractivity contribution in [3.63, 3.8) is 0 Å². The smallest absolute Gasteiger partial charge is 0.256 e. The summed E-state index contributed by atoms with van der Waals surface area (Å²) in [5.41, 5.74) is 3.93. The van der Waals surface area contributed by atoms with Crippen molar-refractivity contribution in [1.82, 2.24) is 14.8 Å². The Labute approximate surface area is 190 Å². The molecule has 8 nitrogen and oxygen atoms in total. The molecule has 6 rings (SSSR count). The summed E-state index contributed by atoms with van der Waals surface area (Å²) >= 11 is 0. The number of ether oxygens (including phenoxy) is 2. The second-order valence-corrected chi connectivity index (χ2v) is 8.43. The van der Waals surface area contributed by atoms with Crippen molar-refractivity contribution in [2.24, 2.45) is 0 Å². The van der Waals surface area contributed by atoms with E-state index in [2.05, 4.69) is 15.2 Å². The van der Waals surface area contributed by atoms with E-state index in [1.807, 2.05) is 48.7 Å². The zero-order valence-corrected chi connectivity index (χ0v) is 17.9. The van der Waals surface area contributed by atoms with Crippen molar-refractivity contribution in [2.75, 3.05) is 31.7 Å². The molecule has 0 saturated carbocycles. The van der Waals surface area contributed by atoms with Crippen LogP contribution in [0, 0.1) is 0 Å². The first kappa shape index (κ1) is 19.8. The van der Waals surface area contributed by atoms with Crippen LogP contribution in [-0.2, 0) is 11.3 Å². The van der Waals surface area contributed by atoms with E-state index in [0.29, 0.717) is 48.9 Å². The number of pyridine rings is 1. The summed E-state index contributed by atoms with van der Waals surface area (Å²) in [4.78, 5) is 34.6. The molecule has 8 heteroatoms. The summed E-state index contributed by atoms with van der Waals surface area (Å²) in [7, 11) is 0. The highest BCUT2D eigenvalue weighted by molar-refractivity contribution is 6.10. The minimum Gasteiger partial charge on any atom is -0.454 e. The third kappa shape index (κ3) is 3.58. The van der Waals surface area contributed by atoms with E-state index < -0.39 is 6.04 Å². The molecule has 1 N–H and O–H groups in total. The number of hydrogen-bond donors (Lipinski definition) is 1. The highest BCUT2D eigenvalue weighted by Gasteiger charge is 2.39. The van der Waals surface area contributed by atoms with Gasteiger partial charge in [0, 0.05) is 38.6 Å². The molecule has 3 aromatic rings. The number of carbonyl (C=O) groups is 2. The van der Waals surface area contributed by atoms with Crippen molar-refractivity contribution in [3.8, 4) is 22.6 Å². The molecule has 166 valence electrons. The molecule has 1 fully saturated rings. The number of carbonyl (C=O) groups excluding carboxylic acids is 2. The van der Waals surface area contributed by atoms with E-state index >= 15 is 0 Å². The van der Waals surface area contributed by atoms with Gasteiger partial charge in [-0.3, -0.25) is 19.5 Å². The second kappa shape index (κ2) is 7.90. The number of anilines is 1. The zero-order chi connectivity index (χ0) is 22.4. The number of fused-ring (bicyclic) bond motifs is 3. The SMILES string of the molecule is O=C1Nc2ccc(-c3ccc4c(c3)OCO4)cc2C(=O)N2CCN(Cc3cccnc3)CC12. The van der Waals surface area contributed by atoms with Crippen LogP contribution >= 0.6 is 0 Å². The van der Waals surface area contributed by atoms with Gasteiger partial charge in [0.05, 0.1) is 11.3 Å². The Morgan fingerprint density at radius 2 is 1.85 bits per heavy atom. The van der Waals surface area contributed by atoms with Gasteiger partial charge < -0.3 is 19.7 Å². The number of amides is 2. The normalized spacial score (nSPS) is 19.5. The Hall–Kier alpha value is -3.91. The van der Waals surface area contributed by atoms with Crippen molar-refractivity contribution >= 4 is 17.5 Å². The highest BCUT2D eigenvalue weighted by Crippen LogP contribution is 2.37. The van der Waals surface area contributed by atoms with Crippen LogP contribution < -0.4 is 14.8 Å². The molecule has 2 amide bonds. The average Bonchev–Trinajstić information content (AvgIpc) is 3.29. The van der Waals surface area contributed by atoms with Crippen molar-refractivity contribution in [2.45, 2.75) is 12.6 Å². The molecule has 1 aromatic heterocycles. The topological polar surface area (TPSA) is 84.0 Å². The predicted molar refractivity (Wildman–Crippen MR) is 121 cm³/mol. The Balaban J connectivity index is 1.27. The van der Waals surface area contributed by atoms with E-state index in [9.17, 15) is 9.59 Å². The van der Waals surface area contributed by atoms with Crippen LogP contribution in [0.4, 0.5) is 5.69 Å². The molecule has 4 heterocycles. The maximum Gasteiger partial charge on any atom is 0.256 e. The number of aromatic nitrogens is 1. The number of benzene rings is 2. The third-order valence-electron chi connectivity index (χ3n) is 6.37. The summed E-state index contributed by atoms with van der Waals surface area (Å²) in [6, 6.07) is 14.7.